The third kappa shape index (κ3) is 2.79. The summed E-state index contributed by atoms with van der Waals surface area (Å²) < 4.78 is 31.8. The molecule has 0 aromatic heterocycles. The number of benzene rings is 2. The molecule has 20 heavy (non-hydrogen) atoms. The van der Waals surface area contributed by atoms with E-state index < -0.39 is 11.9 Å². The van der Waals surface area contributed by atoms with Crippen molar-refractivity contribution in [1.82, 2.24) is 5.43 Å². The second-order valence-corrected chi connectivity index (χ2v) is 4.49. The SMILES string of the molecule is COc1ccc(C(NN)c2ccc(F)cc2C)cc1F. The maximum absolute atomic E-state index is 13.8. The molecule has 0 bridgehead atoms. The predicted octanol–water partition coefficient (Wildman–Crippen LogP) is 2.83. The van der Waals surface area contributed by atoms with Crippen LogP contribution in [0.15, 0.2) is 36.4 Å². The molecule has 0 aliphatic heterocycles. The first kappa shape index (κ1) is 14.4. The van der Waals surface area contributed by atoms with E-state index in [9.17, 15) is 8.78 Å². The largest absolute Gasteiger partial charge is 0.494 e. The average molecular weight is 278 g/mol. The zero-order chi connectivity index (χ0) is 14.7. The maximum atomic E-state index is 13.8. The third-order valence-electron chi connectivity index (χ3n) is 3.22. The minimum Gasteiger partial charge on any atom is -0.494 e. The number of methoxy groups -OCH3 is 1. The number of halogens is 2. The Kier molecular flexibility index (Phi) is 4.32. The van der Waals surface area contributed by atoms with Crippen LogP contribution in [0.5, 0.6) is 5.75 Å². The molecule has 0 aliphatic rings. The molecule has 2 rings (SSSR count). The van der Waals surface area contributed by atoms with Gasteiger partial charge in [0.1, 0.15) is 5.82 Å². The summed E-state index contributed by atoms with van der Waals surface area (Å²) in [5, 5.41) is 0. The Morgan fingerprint density at radius 3 is 2.45 bits per heavy atom. The molecule has 1 unspecified atom stereocenters. The normalized spacial score (nSPS) is 12.2. The van der Waals surface area contributed by atoms with Gasteiger partial charge in [0.25, 0.3) is 0 Å². The van der Waals surface area contributed by atoms with Gasteiger partial charge in [-0.3, -0.25) is 5.84 Å². The highest BCUT2D eigenvalue weighted by molar-refractivity contribution is 5.39. The summed E-state index contributed by atoms with van der Waals surface area (Å²) in [4.78, 5) is 0. The van der Waals surface area contributed by atoms with Gasteiger partial charge in [0.15, 0.2) is 11.6 Å². The zero-order valence-electron chi connectivity index (χ0n) is 11.3. The molecule has 0 fully saturated rings. The van der Waals surface area contributed by atoms with Gasteiger partial charge in [-0.15, -0.1) is 0 Å². The van der Waals surface area contributed by atoms with Gasteiger partial charge in [-0.2, -0.15) is 0 Å². The van der Waals surface area contributed by atoms with Gasteiger partial charge < -0.3 is 4.74 Å². The number of aryl methyl sites for hydroxylation is 1. The predicted molar refractivity (Wildman–Crippen MR) is 73.3 cm³/mol. The van der Waals surface area contributed by atoms with Gasteiger partial charge in [-0.25, -0.2) is 14.2 Å². The number of hydrogen-bond donors (Lipinski definition) is 2. The summed E-state index contributed by atoms with van der Waals surface area (Å²) in [5.41, 5.74) is 4.80. The van der Waals surface area contributed by atoms with Crippen LogP contribution in [0.4, 0.5) is 8.78 Å². The fourth-order valence-electron chi connectivity index (χ4n) is 2.19. The van der Waals surface area contributed by atoms with Crippen LogP contribution in [0.3, 0.4) is 0 Å². The fraction of sp³-hybridized carbons (Fsp3) is 0.200. The van der Waals surface area contributed by atoms with Crippen molar-refractivity contribution in [1.29, 1.82) is 0 Å². The second-order valence-electron chi connectivity index (χ2n) is 4.49. The highest BCUT2D eigenvalue weighted by Crippen LogP contribution is 2.28. The van der Waals surface area contributed by atoms with E-state index in [-0.39, 0.29) is 11.6 Å². The average Bonchev–Trinajstić information content (AvgIpc) is 2.42. The monoisotopic (exact) mass is 278 g/mol. The van der Waals surface area contributed by atoms with E-state index in [1.165, 1.54) is 31.4 Å². The highest BCUT2D eigenvalue weighted by Gasteiger charge is 2.17. The highest BCUT2D eigenvalue weighted by atomic mass is 19.1. The van der Waals surface area contributed by atoms with Gasteiger partial charge >= 0.3 is 0 Å². The van der Waals surface area contributed by atoms with E-state index in [0.29, 0.717) is 5.56 Å². The lowest BCUT2D eigenvalue weighted by Crippen LogP contribution is -2.29. The molecular weight excluding hydrogens is 262 g/mol. The first-order valence-electron chi connectivity index (χ1n) is 6.12. The van der Waals surface area contributed by atoms with Crippen molar-refractivity contribution < 1.29 is 13.5 Å². The van der Waals surface area contributed by atoms with Crippen molar-refractivity contribution in [2.75, 3.05) is 7.11 Å². The number of hydrazine groups is 1. The van der Waals surface area contributed by atoms with Crippen molar-refractivity contribution in [3.63, 3.8) is 0 Å². The number of rotatable bonds is 4. The van der Waals surface area contributed by atoms with Crippen LogP contribution in [-0.2, 0) is 0 Å². The third-order valence-corrected chi connectivity index (χ3v) is 3.22. The molecule has 0 saturated carbocycles. The van der Waals surface area contributed by atoms with Crippen molar-refractivity contribution in [2.45, 2.75) is 13.0 Å². The Hall–Kier alpha value is -1.98. The molecule has 0 amide bonds. The van der Waals surface area contributed by atoms with Gasteiger partial charge in [0.05, 0.1) is 13.2 Å². The van der Waals surface area contributed by atoms with Crippen LogP contribution in [-0.4, -0.2) is 7.11 Å². The van der Waals surface area contributed by atoms with E-state index in [2.05, 4.69) is 5.43 Å². The Balaban J connectivity index is 2.44. The van der Waals surface area contributed by atoms with Crippen molar-refractivity contribution in [3.05, 3.63) is 64.7 Å². The van der Waals surface area contributed by atoms with E-state index in [1.54, 1.807) is 19.1 Å². The van der Waals surface area contributed by atoms with Crippen LogP contribution in [0.2, 0.25) is 0 Å². The van der Waals surface area contributed by atoms with Crippen molar-refractivity contribution in [3.8, 4) is 5.75 Å². The second kappa shape index (κ2) is 5.98. The molecular formula is C15H16F2N2O. The first-order valence-corrected chi connectivity index (χ1v) is 6.12. The molecule has 0 aliphatic carbocycles. The van der Waals surface area contributed by atoms with E-state index >= 15 is 0 Å². The number of hydrogen-bond acceptors (Lipinski definition) is 3. The van der Waals surface area contributed by atoms with E-state index in [0.717, 1.165) is 11.1 Å². The van der Waals surface area contributed by atoms with Gasteiger partial charge in [-0.05, 0) is 47.9 Å². The summed E-state index contributed by atoms with van der Waals surface area (Å²) >= 11 is 0. The van der Waals surface area contributed by atoms with Crippen molar-refractivity contribution in [2.24, 2.45) is 5.84 Å². The number of ether oxygens (including phenoxy) is 1. The Morgan fingerprint density at radius 2 is 1.90 bits per heavy atom. The van der Waals surface area contributed by atoms with Gasteiger partial charge in [0, 0.05) is 0 Å². The van der Waals surface area contributed by atoms with Gasteiger partial charge in [-0.1, -0.05) is 12.1 Å². The summed E-state index contributed by atoms with van der Waals surface area (Å²) in [6.45, 7) is 1.78. The summed E-state index contributed by atoms with van der Waals surface area (Å²) in [7, 11) is 1.40. The molecule has 1 atom stereocenters. The van der Waals surface area contributed by atoms with Crippen LogP contribution in [0.1, 0.15) is 22.7 Å². The molecule has 0 saturated heterocycles. The van der Waals surface area contributed by atoms with Gasteiger partial charge in [0.2, 0.25) is 0 Å². The Morgan fingerprint density at radius 1 is 1.15 bits per heavy atom. The number of nitrogens with two attached hydrogens (primary N) is 1. The fourth-order valence-corrected chi connectivity index (χ4v) is 2.19. The molecule has 2 aromatic carbocycles. The first-order chi connectivity index (χ1) is 9.56. The van der Waals surface area contributed by atoms with Crippen LogP contribution >= 0.6 is 0 Å². The molecule has 106 valence electrons. The molecule has 0 heterocycles. The zero-order valence-corrected chi connectivity index (χ0v) is 11.3. The standard InChI is InChI=1S/C15H16F2N2O/c1-9-7-11(16)4-5-12(9)15(19-18)10-3-6-14(20-2)13(17)8-10/h3-8,15,19H,18H2,1-2H3. The lowest BCUT2D eigenvalue weighted by atomic mass is 9.95. The van der Waals surface area contributed by atoms with E-state index in [1.807, 2.05) is 0 Å². The molecule has 3 nitrogen and oxygen atoms in total. The molecule has 3 N–H and O–H groups in total. The molecule has 5 heteroatoms. The summed E-state index contributed by atoms with van der Waals surface area (Å²) in [6, 6.07) is 8.59. The minimum atomic E-state index is -0.468. The topological polar surface area (TPSA) is 47.3 Å². The van der Waals surface area contributed by atoms with E-state index in [4.69, 9.17) is 10.6 Å². The summed E-state index contributed by atoms with van der Waals surface area (Å²) in [6.07, 6.45) is 0. The quantitative estimate of drug-likeness (QED) is 0.668. The maximum Gasteiger partial charge on any atom is 0.165 e. The molecule has 0 spiro atoms. The molecule has 0 radical (unpaired) electrons. The summed E-state index contributed by atoms with van der Waals surface area (Å²) in [5.74, 6) is 4.95. The van der Waals surface area contributed by atoms with Crippen LogP contribution < -0.4 is 16.0 Å². The van der Waals surface area contributed by atoms with Crippen LogP contribution in [0, 0.1) is 18.6 Å². The smallest absolute Gasteiger partial charge is 0.165 e. The Labute approximate surface area is 116 Å². The Bertz CT molecular complexity index is 617. The van der Waals surface area contributed by atoms with Crippen molar-refractivity contribution >= 4 is 0 Å². The number of nitrogens with one attached hydrogen (secondary N) is 1. The van der Waals surface area contributed by atoms with Crippen LogP contribution in [0.25, 0.3) is 0 Å². The minimum absolute atomic E-state index is 0.167. The lowest BCUT2D eigenvalue weighted by Gasteiger charge is -2.19. The molecule has 2 aromatic rings. The lowest BCUT2D eigenvalue weighted by molar-refractivity contribution is 0.385.